The fourth-order valence-electron chi connectivity index (χ4n) is 1.78. The Morgan fingerprint density at radius 2 is 1.47 bits per heavy atom. The highest BCUT2D eigenvalue weighted by Crippen LogP contribution is 2.23. The zero-order valence-corrected chi connectivity index (χ0v) is 11.4. The van der Waals surface area contributed by atoms with Crippen LogP contribution in [0.5, 0.6) is 0 Å². The molecule has 0 bridgehead atoms. The first kappa shape index (κ1) is 13.3. The van der Waals surface area contributed by atoms with Gasteiger partial charge in [-0.05, 0) is 25.0 Å². The summed E-state index contributed by atoms with van der Waals surface area (Å²) in [4.78, 5) is 8.66. The summed E-state index contributed by atoms with van der Waals surface area (Å²) in [6.45, 7) is 4.75. The largest absolute Gasteiger partial charge is 0.221 e. The summed E-state index contributed by atoms with van der Waals surface area (Å²) in [6.07, 6.45) is 0. The number of rotatable bonds is 4. The molecule has 2 nitrogen and oxygen atoms in total. The summed E-state index contributed by atoms with van der Waals surface area (Å²) in [6, 6.07) is 23.1. The van der Waals surface area contributed by atoms with Gasteiger partial charge in [0.2, 0.25) is 0 Å². The Morgan fingerprint density at radius 3 is 2.11 bits per heavy atom. The minimum Gasteiger partial charge on any atom is -0.221 e. The monoisotopic (exact) mass is 250 g/mol. The van der Waals surface area contributed by atoms with Gasteiger partial charge in [0.1, 0.15) is 0 Å². The number of hydrogen-bond acceptors (Lipinski definition) is 2. The molecule has 0 spiro atoms. The standard InChI is InChI=1S/C17H18N2/c1-17(2,16-11-7-4-8-12-16)19-14-18-13-15-9-5-3-6-10-15/h3-12H,13H2,1-2H3. The third-order valence-corrected chi connectivity index (χ3v) is 2.98. The lowest BCUT2D eigenvalue weighted by molar-refractivity contribution is 0.561. The van der Waals surface area contributed by atoms with E-state index in [1.54, 1.807) is 0 Å². The summed E-state index contributed by atoms with van der Waals surface area (Å²) in [5.74, 6) is 0. The predicted molar refractivity (Wildman–Crippen MR) is 79.5 cm³/mol. The van der Waals surface area contributed by atoms with E-state index in [9.17, 15) is 0 Å². The highest BCUT2D eigenvalue weighted by atomic mass is 14.9. The zero-order chi connectivity index (χ0) is 13.6. The molecule has 0 fully saturated rings. The second kappa shape index (κ2) is 6.12. The van der Waals surface area contributed by atoms with Gasteiger partial charge in [0, 0.05) is 0 Å². The van der Waals surface area contributed by atoms with E-state index in [2.05, 4.69) is 42.0 Å². The molecule has 19 heavy (non-hydrogen) atoms. The van der Waals surface area contributed by atoms with Gasteiger partial charge in [-0.2, -0.15) is 0 Å². The van der Waals surface area contributed by atoms with Crippen LogP contribution >= 0.6 is 0 Å². The van der Waals surface area contributed by atoms with Crippen molar-refractivity contribution < 1.29 is 0 Å². The van der Waals surface area contributed by atoms with Crippen molar-refractivity contribution in [2.75, 3.05) is 0 Å². The summed E-state index contributed by atoms with van der Waals surface area (Å²) < 4.78 is 0. The lowest BCUT2D eigenvalue weighted by atomic mass is 9.95. The fourth-order valence-corrected chi connectivity index (χ4v) is 1.78. The van der Waals surface area contributed by atoms with Crippen LogP contribution in [0.25, 0.3) is 0 Å². The molecule has 0 aliphatic heterocycles. The quantitative estimate of drug-likeness (QED) is 0.723. The summed E-state index contributed by atoms with van der Waals surface area (Å²) in [5, 5.41) is 0. The first-order valence-electron chi connectivity index (χ1n) is 6.41. The van der Waals surface area contributed by atoms with Crippen LogP contribution in [0.1, 0.15) is 25.0 Å². The van der Waals surface area contributed by atoms with Crippen molar-refractivity contribution in [2.45, 2.75) is 25.9 Å². The molecule has 0 aliphatic rings. The van der Waals surface area contributed by atoms with E-state index in [1.807, 2.05) is 48.5 Å². The van der Waals surface area contributed by atoms with Gasteiger partial charge in [0.15, 0.2) is 0 Å². The highest BCUT2D eigenvalue weighted by molar-refractivity contribution is 5.44. The number of hydrogen-bond donors (Lipinski definition) is 0. The van der Waals surface area contributed by atoms with Crippen molar-refractivity contribution in [3.8, 4) is 0 Å². The Labute approximate surface area is 114 Å². The van der Waals surface area contributed by atoms with Crippen LogP contribution in [0.15, 0.2) is 70.6 Å². The maximum atomic E-state index is 4.42. The van der Waals surface area contributed by atoms with E-state index >= 15 is 0 Å². The molecule has 0 N–H and O–H groups in total. The van der Waals surface area contributed by atoms with E-state index in [0.29, 0.717) is 6.54 Å². The van der Waals surface area contributed by atoms with Gasteiger partial charge < -0.3 is 0 Å². The normalized spacial score (nSPS) is 10.6. The Balaban J connectivity index is 2.06. The zero-order valence-electron chi connectivity index (χ0n) is 11.4. The lowest BCUT2D eigenvalue weighted by Crippen LogP contribution is -2.12. The van der Waals surface area contributed by atoms with Gasteiger partial charge in [-0.3, -0.25) is 0 Å². The third kappa shape index (κ3) is 3.90. The molecular weight excluding hydrogens is 232 g/mol. The Hall–Kier alpha value is -2.18. The molecule has 96 valence electrons. The highest BCUT2D eigenvalue weighted by Gasteiger charge is 2.17. The molecule has 2 heteroatoms. The van der Waals surface area contributed by atoms with Crippen LogP contribution in [0, 0.1) is 0 Å². The molecule has 0 amide bonds. The van der Waals surface area contributed by atoms with E-state index in [-0.39, 0.29) is 5.54 Å². The molecule has 0 radical (unpaired) electrons. The second-order valence-electron chi connectivity index (χ2n) is 4.94. The van der Waals surface area contributed by atoms with Crippen molar-refractivity contribution >= 4 is 6.01 Å². The number of nitrogens with zero attached hydrogens (tertiary/aromatic N) is 2. The Morgan fingerprint density at radius 1 is 0.895 bits per heavy atom. The van der Waals surface area contributed by atoms with Crippen LogP contribution in [0.2, 0.25) is 0 Å². The van der Waals surface area contributed by atoms with Gasteiger partial charge in [-0.15, -0.1) is 0 Å². The molecule has 0 atom stereocenters. The van der Waals surface area contributed by atoms with Crippen LogP contribution in [0.3, 0.4) is 0 Å². The number of benzene rings is 2. The van der Waals surface area contributed by atoms with Crippen molar-refractivity contribution in [2.24, 2.45) is 9.98 Å². The predicted octanol–water partition coefficient (Wildman–Crippen LogP) is 4.30. The topological polar surface area (TPSA) is 24.7 Å². The van der Waals surface area contributed by atoms with Gasteiger partial charge in [-0.1, -0.05) is 60.7 Å². The summed E-state index contributed by atoms with van der Waals surface area (Å²) >= 11 is 0. The molecular formula is C17H18N2. The van der Waals surface area contributed by atoms with E-state index in [1.165, 1.54) is 5.56 Å². The second-order valence-corrected chi connectivity index (χ2v) is 4.94. The minimum atomic E-state index is -0.290. The van der Waals surface area contributed by atoms with Crippen molar-refractivity contribution in [1.82, 2.24) is 0 Å². The average molecular weight is 250 g/mol. The molecule has 0 heterocycles. The SMILES string of the molecule is CC(C)(N=C=NCc1ccccc1)c1ccccc1. The number of aliphatic imine (C=N–C) groups is 2. The first-order chi connectivity index (χ1) is 9.18. The molecule has 0 aromatic heterocycles. The van der Waals surface area contributed by atoms with Crippen molar-refractivity contribution in [3.05, 3.63) is 71.8 Å². The van der Waals surface area contributed by atoms with Gasteiger partial charge in [0.05, 0.1) is 18.1 Å². The maximum absolute atomic E-state index is 4.42. The van der Waals surface area contributed by atoms with Gasteiger partial charge >= 0.3 is 0 Å². The van der Waals surface area contributed by atoms with Gasteiger partial charge in [0.25, 0.3) is 0 Å². The Kier molecular flexibility index (Phi) is 4.27. The molecule has 0 saturated heterocycles. The summed E-state index contributed by atoms with van der Waals surface area (Å²) in [5.41, 5.74) is 2.04. The van der Waals surface area contributed by atoms with Crippen LogP contribution < -0.4 is 0 Å². The van der Waals surface area contributed by atoms with Crippen LogP contribution in [0.4, 0.5) is 0 Å². The Bertz CT molecular complexity index is 565. The molecule has 2 rings (SSSR count). The molecule has 2 aromatic carbocycles. The smallest absolute Gasteiger partial charge is 0.0910 e. The van der Waals surface area contributed by atoms with Gasteiger partial charge in [-0.25, -0.2) is 9.98 Å². The molecule has 0 saturated carbocycles. The lowest BCUT2D eigenvalue weighted by Gasteiger charge is -2.17. The van der Waals surface area contributed by atoms with E-state index in [0.717, 1.165) is 5.56 Å². The maximum Gasteiger partial charge on any atom is 0.0910 e. The molecule has 0 aliphatic carbocycles. The summed E-state index contributed by atoms with van der Waals surface area (Å²) in [7, 11) is 0. The van der Waals surface area contributed by atoms with E-state index in [4.69, 9.17) is 0 Å². The van der Waals surface area contributed by atoms with E-state index < -0.39 is 0 Å². The minimum absolute atomic E-state index is 0.290. The molecule has 0 unspecified atom stereocenters. The molecule has 2 aromatic rings. The van der Waals surface area contributed by atoms with Crippen LogP contribution in [-0.2, 0) is 12.1 Å². The van der Waals surface area contributed by atoms with Crippen molar-refractivity contribution in [1.29, 1.82) is 0 Å². The fraction of sp³-hybridized carbons (Fsp3) is 0.235. The average Bonchev–Trinajstić information content (AvgIpc) is 2.46. The third-order valence-electron chi connectivity index (χ3n) is 2.98. The van der Waals surface area contributed by atoms with Crippen molar-refractivity contribution in [3.63, 3.8) is 0 Å². The first-order valence-corrected chi connectivity index (χ1v) is 6.41. The van der Waals surface area contributed by atoms with Crippen LogP contribution in [-0.4, -0.2) is 6.01 Å².